The zero-order chi connectivity index (χ0) is 20.1. The van der Waals surface area contributed by atoms with Gasteiger partial charge in [0.15, 0.2) is 0 Å². The van der Waals surface area contributed by atoms with E-state index in [0.29, 0.717) is 36.5 Å². The van der Waals surface area contributed by atoms with E-state index in [1.165, 1.54) is 10.9 Å². The first-order valence-electron chi connectivity index (χ1n) is 9.99. The van der Waals surface area contributed by atoms with Gasteiger partial charge in [0.25, 0.3) is 5.56 Å². The molecule has 1 aliphatic heterocycles. The summed E-state index contributed by atoms with van der Waals surface area (Å²) in [5.74, 6) is 0.534. The van der Waals surface area contributed by atoms with E-state index in [2.05, 4.69) is 29.0 Å². The van der Waals surface area contributed by atoms with Gasteiger partial charge in [0.1, 0.15) is 0 Å². The molecule has 1 unspecified atom stereocenters. The number of ether oxygens (including phenoxy) is 1. The molecule has 7 heteroatoms. The van der Waals surface area contributed by atoms with Crippen LogP contribution in [0.5, 0.6) is 0 Å². The van der Waals surface area contributed by atoms with Gasteiger partial charge in [-0.1, -0.05) is 26.0 Å². The maximum absolute atomic E-state index is 12.6. The van der Waals surface area contributed by atoms with Crippen molar-refractivity contribution in [1.29, 1.82) is 0 Å². The first-order chi connectivity index (χ1) is 13.4. The van der Waals surface area contributed by atoms with Crippen LogP contribution in [-0.4, -0.2) is 59.2 Å². The average Bonchev–Trinajstić information content (AvgIpc) is 2.66. The molecule has 0 aliphatic carbocycles. The summed E-state index contributed by atoms with van der Waals surface area (Å²) in [6, 6.07) is 5.56. The Balaban J connectivity index is 1.50. The summed E-state index contributed by atoms with van der Waals surface area (Å²) in [5, 5.41) is 3.52. The predicted molar refractivity (Wildman–Crippen MR) is 109 cm³/mol. The molecule has 1 amide bonds. The third-order valence-electron chi connectivity index (χ3n) is 5.01. The molecule has 28 heavy (non-hydrogen) atoms. The SMILES string of the molecule is Cc1cccc2c(=O)n(CCC(=O)NCC3CN(CC(C)C)CCO3)cnc12. The first kappa shape index (κ1) is 20.5. The van der Waals surface area contributed by atoms with E-state index in [0.717, 1.165) is 25.2 Å². The predicted octanol–water partition coefficient (Wildman–Crippen LogP) is 1.57. The van der Waals surface area contributed by atoms with Gasteiger partial charge in [-0.15, -0.1) is 0 Å². The molecule has 0 saturated carbocycles. The number of fused-ring (bicyclic) bond motifs is 1. The fourth-order valence-corrected chi connectivity index (χ4v) is 3.62. The maximum atomic E-state index is 12.6. The Morgan fingerprint density at radius 1 is 1.39 bits per heavy atom. The summed E-state index contributed by atoms with van der Waals surface area (Å²) >= 11 is 0. The topological polar surface area (TPSA) is 76.5 Å². The molecule has 1 N–H and O–H groups in total. The second kappa shape index (κ2) is 9.30. The Kier molecular flexibility index (Phi) is 6.80. The van der Waals surface area contributed by atoms with E-state index in [9.17, 15) is 9.59 Å². The highest BCUT2D eigenvalue weighted by Gasteiger charge is 2.21. The summed E-state index contributed by atoms with van der Waals surface area (Å²) in [7, 11) is 0. The van der Waals surface area contributed by atoms with Gasteiger partial charge in [0.05, 0.1) is 29.9 Å². The number of hydrogen-bond donors (Lipinski definition) is 1. The number of amides is 1. The average molecular weight is 386 g/mol. The number of rotatable bonds is 7. The molecule has 1 atom stereocenters. The fourth-order valence-electron chi connectivity index (χ4n) is 3.62. The molecule has 0 radical (unpaired) electrons. The van der Waals surface area contributed by atoms with Crippen LogP contribution < -0.4 is 10.9 Å². The van der Waals surface area contributed by atoms with E-state index in [-0.39, 0.29) is 24.0 Å². The van der Waals surface area contributed by atoms with Crippen LogP contribution in [0.15, 0.2) is 29.3 Å². The smallest absolute Gasteiger partial charge is 0.261 e. The highest BCUT2D eigenvalue weighted by molar-refractivity contribution is 5.80. The lowest BCUT2D eigenvalue weighted by Gasteiger charge is -2.33. The minimum Gasteiger partial charge on any atom is -0.374 e. The number of carbonyl (C=O) groups is 1. The Hall–Kier alpha value is -2.25. The second-order valence-corrected chi connectivity index (χ2v) is 7.91. The number of carbonyl (C=O) groups excluding carboxylic acids is 1. The number of morpholine rings is 1. The van der Waals surface area contributed by atoms with Crippen molar-refractivity contribution in [3.05, 3.63) is 40.4 Å². The molecule has 2 heterocycles. The molecule has 1 aromatic carbocycles. The summed E-state index contributed by atoms with van der Waals surface area (Å²) in [5.41, 5.74) is 1.58. The number of benzene rings is 1. The molecular formula is C21H30N4O3. The molecule has 1 aromatic heterocycles. The van der Waals surface area contributed by atoms with Crippen molar-refractivity contribution in [2.24, 2.45) is 5.92 Å². The van der Waals surface area contributed by atoms with E-state index >= 15 is 0 Å². The van der Waals surface area contributed by atoms with Crippen LogP contribution in [0.4, 0.5) is 0 Å². The summed E-state index contributed by atoms with van der Waals surface area (Å²) in [6.07, 6.45) is 1.78. The van der Waals surface area contributed by atoms with E-state index in [4.69, 9.17) is 4.74 Å². The largest absolute Gasteiger partial charge is 0.374 e. The molecule has 1 saturated heterocycles. The Morgan fingerprint density at radius 2 is 2.21 bits per heavy atom. The van der Waals surface area contributed by atoms with Crippen LogP contribution in [0.25, 0.3) is 10.9 Å². The zero-order valence-electron chi connectivity index (χ0n) is 17.0. The van der Waals surface area contributed by atoms with Gasteiger partial charge in [0, 0.05) is 39.1 Å². The van der Waals surface area contributed by atoms with Gasteiger partial charge in [-0.2, -0.15) is 0 Å². The van der Waals surface area contributed by atoms with Gasteiger partial charge in [0.2, 0.25) is 5.91 Å². The van der Waals surface area contributed by atoms with E-state index < -0.39 is 0 Å². The molecule has 3 rings (SSSR count). The van der Waals surface area contributed by atoms with Gasteiger partial charge >= 0.3 is 0 Å². The van der Waals surface area contributed by atoms with Gasteiger partial charge in [-0.05, 0) is 24.5 Å². The molecule has 7 nitrogen and oxygen atoms in total. The number of aromatic nitrogens is 2. The lowest BCUT2D eigenvalue weighted by atomic mass is 10.1. The fraction of sp³-hybridized carbons (Fsp3) is 0.571. The third-order valence-corrected chi connectivity index (χ3v) is 5.01. The number of nitrogens with one attached hydrogen (secondary N) is 1. The highest BCUT2D eigenvalue weighted by Crippen LogP contribution is 2.11. The van der Waals surface area contributed by atoms with Crippen molar-refractivity contribution in [3.8, 4) is 0 Å². The molecule has 152 valence electrons. The second-order valence-electron chi connectivity index (χ2n) is 7.91. The van der Waals surface area contributed by atoms with E-state index in [1.54, 1.807) is 6.07 Å². The van der Waals surface area contributed by atoms with Crippen molar-refractivity contribution < 1.29 is 9.53 Å². The maximum Gasteiger partial charge on any atom is 0.261 e. The van der Waals surface area contributed by atoms with Crippen molar-refractivity contribution in [2.75, 3.05) is 32.8 Å². The van der Waals surface area contributed by atoms with E-state index in [1.807, 2.05) is 19.1 Å². The number of aryl methyl sites for hydroxylation is 2. The van der Waals surface area contributed by atoms with Crippen molar-refractivity contribution in [2.45, 2.75) is 39.8 Å². The third kappa shape index (κ3) is 5.17. The Labute approximate surface area is 165 Å². The molecule has 1 aliphatic rings. The summed E-state index contributed by atoms with van der Waals surface area (Å²) < 4.78 is 7.26. The van der Waals surface area contributed by atoms with Crippen molar-refractivity contribution in [3.63, 3.8) is 0 Å². The van der Waals surface area contributed by atoms with Gasteiger partial charge < -0.3 is 10.1 Å². The van der Waals surface area contributed by atoms with Crippen LogP contribution >= 0.6 is 0 Å². The number of nitrogens with zero attached hydrogens (tertiary/aromatic N) is 3. The summed E-state index contributed by atoms with van der Waals surface area (Å²) in [4.78, 5) is 31.6. The lowest BCUT2D eigenvalue weighted by molar-refractivity contribution is -0.122. The van der Waals surface area contributed by atoms with Crippen LogP contribution in [0.3, 0.4) is 0 Å². The highest BCUT2D eigenvalue weighted by atomic mass is 16.5. The van der Waals surface area contributed by atoms with Crippen LogP contribution in [-0.2, 0) is 16.1 Å². The lowest BCUT2D eigenvalue weighted by Crippen LogP contribution is -2.48. The number of para-hydroxylation sites is 1. The first-order valence-corrected chi connectivity index (χ1v) is 9.99. The Morgan fingerprint density at radius 3 is 3.00 bits per heavy atom. The van der Waals surface area contributed by atoms with Gasteiger partial charge in [-0.25, -0.2) is 4.98 Å². The van der Waals surface area contributed by atoms with Gasteiger partial charge in [-0.3, -0.25) is 19.1 Å². The molecule has 2 aromatic rings. The molecule has 1 fully saturated rings. The monoisotopic (exact) mass is 386 g/mol. The van der Waals surface area contributed by atoms with Crippen molar-refractivity contribution >= 4 is 16.8 Å². The Bertz CT molecular complexity index is 878. The molecular weight excluding hydrogens is 356 g/mol. The van der Waals surface area contributed by atoms with Crippen LogP contribution in [0.1, 0.15) is 25.8 Å². The van der Waals surface area contributed by atoms with Crippen LogP contribution in [0, 0.1) is 12.8 Å². The zero-order valence-corrected chi connectivity index (χ0v) is 17.0. The minimum absolute atomic E-state index is 0.0180. The summed E-state index contributed by atoms with van der Waals surface area (Å²) in [6.45, 7) is 10.7. The molecule has 0 bridgehead atoms. The number of hydrogen-bond acceptors (Lipinski definition) is 5. The normalized spacial score (nSPS) is 17.9. The molecule has 0 spiro atoms. The van der Waals surface area contributed by atoms with Crippen LogP contribution in [0.2, 0.25) is 0 Å². The quantitative estimate of drug-likeness (QED) is 0.782. The van der Waals surface area contributed by atoms with Crippen molar-refractivity contribution in [1.82, 2.24) is 19.8 Å². The minimum atomic E-state index is -0.110. The standard InChI is InChI=1S/C21H30N4O3/c1-15(2)12-24-9-10-28-17(13-24)11-22-19(26)7-8-25-14-23-20-16(3)5-4-6-18(20)21(25)27/h4-6,14-15,17H,7-13H2,1-3H3,(H,22,26).